The number of rotatable bonds is 4. The van der Waals surface area contributed by atoms with Crippen molar-refractivity contribution in [1.29, 1.82) is 0 Å². The zero-order valence-electron chi connectivity index (χ0n) is 11.5. The molecule has 1 aromatic rings. The standard InChI is InChI=1S/C13H19N3O2S/c1-4-5-16-13(9(2)7-14-16)15-8-11(6-12(15)18)19-10(3)17/h7,11H,4-6,8H2,1-3H3. The summed E-state index contributed by atoms with van der Waals surface area (Å²) in [6, 6.07) is 0. The Morgan fingerprint density at radius 2 is 2.32 bits per heavy atom. The van der Waals surface area contributed by atoms with Gasteiger partial charge >= 0.3 is 0 Å². The number of anilines is 1. The zero-order chi connectivity index (χ0) is 14.0. The molecule has 1 unspecified atom stereocenters. The Morgan fingerprint density at radius 3 is 2.95 bits per heavy atom. The van der Waals surface area contributed by atoms with Crippen LogP contribution in [0.4, 0.5) is 5.82 Å². The summed E-state index contributed by atoms with van der Waals surface area (Å²) in [6.45, 7) is 7.00. The summed E-state index contributed by atoms with van der Waals surface area (Å²) >= 11 is 1.26. The molecule has 0 aliphatic carbocycles. The second-order valence-corrected chi connectivity index (χ2v) is 6.29. The highest BCUT2D eigenvalue weighted by Crippen LogP contribution is 2.30. The molecule has 1 atom stereocenters. The van der Waals surface area contributed by atoms with Crippen LogP contribution in [0.5, 0.6) is 0 Å². The highest BCUT2D eigenvalue weighted by molar-refractivity contribution is 8.14. The summed E-state index contributed by atoms with van der Waals surface area (Å²) in [5.74, 6) is 0.971. The maximum Gasteiger partial charge on any atom is 0.229 e. The Morgan fingerprint density at radius 1 is 1.58 bits per heavy atom. The Kier molecular flexibility index (Phi) is 4.29. The second-order valence-electron chi connectivity index (χ2n) is 4.81. The molecule has 0 radical (unpaired) electrons. The van der Waals surface area contributed by atoms with Gasteiger partial charge in [-0.25, -0.2) is 4.68 Å². The van der Waals surface area contributed by atoms with E-state index in [9.17, 15) is 9.59 Å². The first-order chi connectivity index (χ1) is 9.02. The molecule has 104 valence electrons. The van der Waals surface area contributed by atoms with Crippen LogP contribution in [0.1, 0.15) is 32.3 Å². The maximum absolute atomic E-state index is 12.1. The smallest absolute Gasteiger partial charge is 0.229 e. The van der Waals surface area contributed by atoms with Crippen molar-refractivity contribution in [3.63, 3.8) is 0 Å². The predicted molar refractivity (Wildman–Crippen MR) is 76.3 cm³/mol. The number of carbonyl (C=O) groups excluding carboxylic acids is 2. The SMILES string of the molecule is CCCn1ncc(C)c1N1CC(SC(C)=O)CC1=O. The Balaban J connectivity index is 2.20. The van der Waals surface area contributed by atoms with Gasteiger partial charge in [-0.2, -0.15) is 5.10 Å². The molecule has 1 fully saturated rings. The van der Waals surface area contributed by atoms with Gasteiger partial charge in [0, 0.05) is 37.2 Å². The Bertz CT molecular complexity index is 498. The molecular weight excluding hydrogens is 262 g/mol. The lowest BCUT2D eigenvalue weighted by atomic mass is 10.3. The molecule has 5 nitrogen and oxygen atoms in total. The third kappa shape index (κ3) is 3.00. The van der Waals surface area contributed by atoms with Crippen LogP contribution < -0.4 is 4.90 Å². The lowest BCUT2D eigenvalue weighted by Crippen LogP contribution is -2.28. The maximum atomic E-state index is 12.1. The zero-order valence-corrected chi connectivity index (χ0v) is 12.4. The summed E-state index contributed by atoms with van der Waals surface area (Å²) in [7, 11) is 0. The van der Waals surface area contributed by atoms with Gasteiger partial charge in [0.05, 0.1) is 6.20 Å². The van der Waals surface area contributed by atoms with E-state index in [1.54, 1.807) is 18.0 Å². The number of hydrogen-bond acceptors (Lipinski definition) is 4. The van der Waals surface area contributed by atoms with Crippen molar-refractivity contribution in [2.45, 2.75) is 45.4 Å². The monoisotopic (exact) mass is 281 g/mol. The minimum atomic E-state index is 0.0642. The number of nitrogens with zero attached hydrogens (tertiary/aromatic N) is 3. The number of carbonyl (C=O) groups is 2. The van der Waals surface area contributed by atoms with E-state index in [0.717, 1.165) is 24.3 Å². The number of aromatic nitrogens is 2. The van der Waals surface area contributed by atoms with Gasteiger partial charge in [-0.15, -0.1) is 0 Å². The summed E-state index contributed by atoms with van der Waals surface area (Å²) in [5.41, 5.74) is 1.01. The first-order valence-electron chi connectivity index (χ1n) is 6.53. The van der Waals surface area contributed by atoms with Crippen LogP contribution in [0.25, 0.3) is 0 Å². The van der Waals surface area contributed by atoms with Gasteiger partial charge in [0.25, 0.3) is 0 Å². The Hall–Kier alpha value is -1.30. The molecule has 0 spiro atoms. The topological polar surface area (TPSA) is 55.2 Å². The normalized spacial score (nSPS) is 19.2. The van der Waals surface area contributed by atoms with Crippen molar-refractivity contribution in [3.05, 3.63) is 11.8 Å². The molecule has 0 saturated carbocycles. The van der Waals surface area contributed by atoms with Crippen LogP contribution in [0.2, 0.25) is 0 Å². The first-order valence-corrected chi connectivity index (χ1v) is 7.41. The Labute approximate surface area is 117 Å². The summed E-state index contributed by atoms with van der Waals surface area (Å²) in [6.07, 6.45) is 3.20. The molecule has 1 saturated heterocycles. The molecule has 0 aromatic carbocycles. The van der Waals surface area contributed by atoms with Gasteiger partial charge in [0.2, 0.25) is 5.91 Å². The molecule has 19 heavy (non-hydrogen) atoms. The average molecular weight is 281 g/mol. The van der Waals surface area contributed by atoms with E-state index in [1.165, 1.54) is 11.8 Å². The molecule has 1 aromatic heterocycles. The van der Waals surface area contributed by atoms with E-state index in [2.05, 4.69) is 12.0 Å². The van der Waals surface area contributed by atoms with Crippen LogP contribution in [-0.2, 0) is 16.1 Å². The third-order valence-corrected chi connectivity index (χ3v) is 4.08. The van der Waals surface area contributed by atoms with Crippen LogP contribution in [0.3, 0.4) is 0 Å². The minimum Gasteiger partial charge on any atom is -0.296 e. The van der Waals surface area contributed by atoms with Crippen molar-refractivity contribution in [3.8, 4) is 0 Å². The summed E-state index contributed by atoms with van der Waals surface area (Å²) < 4.78 is 1.88. The fraction of sp³-hybridized carbons (Fsp3) is 0.615. The molecular formula is C13H19N3O2S. The molecule has 0 N–H and O–H groups in total. The van der Waals surface area contributed by atoms with Crippen molar-refractivity contribution < 1.29 is 9.59 Å². The minimum absolute atomic E-state index is 0.0642. The van der Waals surface area contributed by atoms with Crippen LogP contribution in [0, 0.1) is 6.92 Å². The van der Waals surface area contributed by atoms with E-state index in [0.29, 0.717) is 13.0 Å². The molecule has 1 amide bonds. The molecule has 1 aliphatic rings. The van der Waals surface area contributed by atoms with Gasteiger partial charge in [-0.3, -0.25) is 14.5 Å². The lowest BCUT2D eigenvalue weighted by Gasteiger charge is -2.19. The van der Waals surface area contributed by atoms with E-state index in [4.69, 9.17) is 0 Å². The molecule has 2 heterocycles. The lowest BCUT2D eigenvalue weighted by molar-refractivity contribution is -0.117. The first kappa shape index (κ1) is 14.1. The van der Waals surface area contributed by atoms with E-state index < -0.39 is 0 Å². The van der Waals surface area contributed by atoms with Gasteiger partial charge < -0.3 is 0 Å². The molecule has 2 rings (SSSR count). The predicted octanol–water partition coefficient (Wildman–Crippen LogP) is 1.99. The molecule has 0 bridgehead atoms. The van der Waals surface area contributed by atoms with Crippen molar-refractivity contribution >= 4 is 28.6 Å². The number of aryl methyl sites for hydroxylation is 2. The number of hydrogen-bond donors (Lipinski definition) is 0. The summed E-state index contributed by atoms with van der Waals surface area (Å²) in [4.78, 5) is 25.1. The van der Waals surface area contributed by atoms with E-state index >= 15 is 0 Å². The highest BCUT2D eigenvalue weighted by atomic mass is 32.2. The van der Waals surface area contributed by atoms with E-state index in [1.807, 2.05) is 11.6 Å². The fourth-order valence-electron chi connectivity index (χ4n) is 2.39. The highest BCUT2D eigenvalue weighted by Gasteiger charge is 2.34. The van der Waals surface area contributed by atoms with Crippen LogP contribution in [-0.4, -0.2) is 32.6 Å². The van der Waals surface area contributed by atoms with Gasteiger partial charge in [0.15, 0.2) is 5.12 Å². The number of thioether (sulfide) groups is 1. The van der Waals surface area contributed by atoms with Crippen LogP contribution >= 0.6 is 11.8 Å². The summed E-state index contributed by atoms with van der Waals surface area (Å²) in [5, 5.41) is 4.45. The van der Waals surface area contributed by atoms with Crippen LogP contribution in [0.15, 0.2) is 6.20 Å². The second kappa shape index (κ2) is 5.77. The average Bonchev–Trinajstić information content (AvgIpc) is 2.83. The molecule has 6 heteroatoms. The van der Waals surface area contributed by atoms with Gasteiger partial charge in [-0.1, -0.05) is 18.7 Å². The van der Waals surface area contributed by atoms with Gasteiger partial charge in [-0.05, 0) is 13.3 Å². The third-order valence-electron chi connectivity index (χ3n) is 3.10. The van der Waals surface area contributed by atoms with Crippen molar-refractivity contribution in [2.24, 2.45) is 0 Å². The largest absolute Gasteiger partial charge is 0.296 e. The van der Waals surface area contributed by atoms with Crippen molar-refractivity contribution in [1.82, 2.24) is 9.78 Å². The van der Waals surface area contributed by atoms with Crippen molar-refractivity contribution in [2.75, 3.05) is 11.4 Å². The quantitative estimate of drug-likeness (QED) is 0.847. The van der Waals surface area contributed by atoms with E-state index in [-0.39, 0.29) is 16.3 Å². The molecule has 1 aliphatic heterocycles. The fourth-order valence-corrected chi connectivity index (χ4v) is 3.31. The van der Waals surface area contributed by atoms with Gasteiger partial charge in [0.1, 0.15) is 5.82 Å². The number of amides is 1.